The fourth-order valence-electron chi connectivity index (χ4n) is 3.25. The Bertz CT molecular complexity index is 1250. The monoisotopic (exact) mass is 418 g/mol. The molecule has 0 fully saturated rings. The van der Waals surface area contributed by atoms with Gasteiger partial charge in [-0.25, -0.2) is 4.98 Å². The smallest absolute Gasteiger partial charge is 0.231 e. The number of phenols is 1. The van der Waals surface area contributed by atoms with Gasteiger partial charge in [-0.3, -0.25) is 0 Å². The summed E-state index contributed by atoms with van der Waals surface area (Å²) in [6, 6.07) is 15.2. The SMILES string of the molecule is Cc1cc(Nc2nc(C)nc(Cl)n2)c2c(O)c(N=Nc3ccccc3)c(C)cc2c1. The minimum atomic E-state index is 0.0315. The van der Waals surface area contributed by atoms with Gasteiger partial charge in [0.1, 0.15) is 11.5 Å². The Morgan fingerprint density at radius 2 is 1.70 bits per heavy atom. The molecule has 0 amide bonds. The van der Waals surface area contributed by atoms with Crippen molar-refractivity contribution in [2.45, 2.75) is 20.8 Å². The molecule has 0 atom stereocenters. The Labute approximate surface area is 178 Å². The van der Waals surface area contributed by atoms with Gasteiger partial charge in [0.15, 0.2) is 5.75 Å². The first kappa shape index (κ1) is 19.7. The summed E-state index contributed by atoms with van der Waals surface area (Å²) in [5, 5.41) is 24.4. The molecule has 0 saturated carbocycles. The van der Waals surface area contributed by atoms with Gasteiger partial charge < -0.3 is 10.4 Å². The topological polar surface area (TPSA) is 95.7 Å². The molecule has 1 aromatic heterocycles. The van der Waals surface area contributed by atoms with Crippen molar-refractivity contribution in [3.05, 3.63) is 70.8 Å². The van der Waals surface area contributed by atoms with E-state index in [0.29, 0.717) is 34.2 Å². The first-order valence-electron chi connectivity index (χ1n) is 9.29. The molecule has 0 aliphatic carbocycles. The summed E-state index contributed by atoms with van der Waals surface area (Å²) >= 11 is 5.96. The van der Waals surface area contributed by atoms with Crippen molar-refractivity contribution in [2.75, 3.05) is 5.32 Å². The Hall–Kier alpha value is -3.58. The molecule has 4 rings (SSSR count). The minimum absolute atomic E-state index is 0.0315. The highest BCUT2D eigenvalue weighted by Gasteiger charge is 2.16. The number of hydrogen-bond acceptors (Lipinski definition) is 7. The summed E-state index contributed by atoms with van der Waals surface area (Å²) in [5.74, 6) is 0.822. The molecule has 8 heteroatoms. The van der Waals surface area contributed by atoms with Crippen LogP contribution < -0.4 is 5.32 Å². The average molecular weight is 419 g/mol. The fourth-order valence-corrected chi connectivity index (χ4v) is 3.45. The van der Waals surface area contributed by atoms with Crippen molar-refractivity contribution < 1.29 is 5.11 Å². The first-order chi connectivity index (χ1) is 14.4. The zero-order valence-corrected chi connectivity index (χ0v) is 17.4. The molecule has 0 unspecified atom stereocenters. The maximum atomic E-state index is 11.1. The highest BCUT2D eigenvalue weighted by atomic mass is 35.5. The van der Waals surface area contributed by atoms with Crippen LogP contribution in [-0.2, 0) is 0 Å². The number of azo groups is 1. The maximum Gasteiger partial charge on any atom is 0.231 e. The lowest BCUT2D eigenvalue weighted by atomic mass is 10.0. The Morgan fingerprint density at radius 3 is 2.43 bits per heavy atom. The third-order valence-corrected chi connectivity index (χ3v) is 4.68. The molecular formula is C22H19ClN6O. The molecule has 1 heterocycles. The number of phenolic OH excluding ortho intramolecular Hbond substituents is 1. The normalized spacial score (nSPS) is 11.3. The van der Waals surface area contributed by atoms with Gasteiger partial charge in [-0.2, -0.15) is 15.1 Å². The fraction of sp³-hybridized carbons (Fsp3) is 0.136. The average Bonchev–Trinajstić information content (AvgIpc) is 2.67. The van der Waals surface area contributed by atoms with E-state index in [0.717, 1.165) is 16.5 Å². The zero-order chi connectivity index (χ0) is 21.3. The van der Waals surface area contributed by atoms with Crippen LogP contribution in [-0.4, -0.2) is 20.1 Å². The lowest BCUT2D eigenvalue weighted by Gasteiger charge is -2.14. The molecule has 0 aliphatic heterocycles. The summed E-state index contributed by atoms with van der Waals surface area (Å²) in [7, 11) is 0. The molecule has 0 radical (unpaired) electrons. The van der Waals surface area contributed by atoms with Gasteiger partial charge in [0.25, 0.3) is 0 Å². The molecule has 0 saturated heterocycles. The summed E-state index contributed by atoms with van der Waals surface area (Å²) < 4.78 is 0. The van der Waals surface area contributed by atoms with Crippen molar-refractivity contribution in [2.24, 2.45) is 10.2 Å². The van der Waals surface area contributed by atoms with Gasteiger partial charge in [0, 0.05) is 5.39 Å². The summed E-state index contributed by atoms with van der Waals surface area (Å²) in [5.41, 5.74) is 3.58. The lowest BCUT2D eigenvalue weighted by molar-refractivity contribution is 0.482. The van der Waals surface area contributed by atoms with E-state index in [9.17, 15) is 5.11 Å². The molecule has 4 aromatic rings. The largest absolute Gasteiger partial charge is 0.505 e. The van der Waals surface area contributed by atoms with Gasteiger partial charge in [0.05, 0.1) is 11.4 Å². The number of fused-ring (bicyclic) bond motifs is 1. The molecule has 150 valence electrons. The second-order valence-electron chi connectivity index (χ2n) is 6.94. The van der Waals surface area contributed by atoms with Crippen LogP contribution in [0.15, 0.2) is 58.8 Å². The second kappa shape index (κ2) is 8.04. The summed E-state index contributed by atoms with van der Waals surface area (Å²) in [6.45, 7) is 5.60. The van der Waals surface area contributed by atoms with Crippen LogP contribution in [0.5, 0.6) is 5.75 Å². The lowest BCUT2D eigenvalue weighted by Crippen LogP contribution is -2.02. The number of halogens is 1. The number of aromatic hydroxyl groups is 1. The number of benzene rings is 3. The quantitative estimate of drug-likeness (QED) is 0.370. The third kappa shape index (κ3) is 4.06. The van der Waals surface area contributed by atoms with Crippen molar-refractivity contribution in [3.8, 4) is 5.75 Å². The number of anilines is 2. The van der Waals surface area contributed by atoms with Crippen LogP contribution in [0.1, 0.15) is 17.0 Å². The van der Waals surface area contributed by atoms with E-state index >= 15 is 0 Å². The number of nitrogens with one attached hydrogen (secondary N) is 1. The van der Waals surface area contributed by atoms with Crippen LogP contribution >= 0.6 is 11.6 Å². The van der Waals surface area contributed by atoms with Crippen LogP contribution in [0.2, 0.25) is 5.28 Å². The van der Waals surface area contributed by atoms with E-state index in [-0.39, 0.29) is 11.0 Å². The molecule has 0 aliphatic rings. The number of aromatic nitrogens is 3. The van der Waals surface area contributed by atoms with Crippen LogP contribution in [0, 0.1) is 20.8 Å². The number of aryl methyl sites for hydroxylation is 3. The molecule has 2 N–H and O–H groups in total. The van der Waals surface area contributed by atoms with Gasteiger partial charge in [-0.05, 0) is 73.2 Å². The Balaban J connectivity index is 1.85. The Kier molecular flexibility index (Phi) is 5.29. The molecule has 0 bridgehead atoms. The number of rotatable bonds is 4. The molecule has 7 nitrogen and oxygen atoms in total. The van der Waals surface area contributed by atoms with Crippen LogP contribution in [0.25, 0.3) is 10.8 Å². The van der Waals surface area contributed by atoms with E-state index in [2.05, 4.69) is 30.5 Å². The van der Waals surface area contributed by atoms with Gasteiger partial charge in [-0.15, -0.1) is 5.11 Å². The molecule has 30 heavy (non-hydrogen) atoms. The predicted octanol–water partition coefficient (Wildman–Crippen LogP) is 6.47. The first-order valence-corrected chi connectivity index (χ1v) is 9.67. The third-order valence-electron chi connectivity index (χ3n) is 4.51. The van der Waals surface area contributed by atoms with Crippen LogP contribution in [0.4, 0.5) is 23.0 Å². The second-order valence-corrected chi connectivity index (χ2v) is 7.28. The Morgan fingerprint density at radius 1 is 0.933 bits per heavy atom. The highest BCUT2D eigenvalue weighted by molar-refractivity contribution is 6.28. The summed E-state index contributed by atoms with van der Waals surface area (Å²) in [6.07, 6.45) is 0. The maximum absolute atomic E-state index is 11.1. The van der Waals surface area contributed by atoms with Crippen molar-refractivity contribution in [1.82, 2.24) is 15.0 Å². The van der Waals surface area contributed by atoms with E-state index < -0.39 is 0 Å². The summed E-state index contributed by atoms with van der Waals surface area (Å²) in [4.78, 5) is 12.4. The standard InChI is InChI=1S/C22H19ClN6O/c1-12-9-15-11-13(2)19(29-28-16-7-5-4-6-8-16)20(30)18(15)17(10-12)26-22-25-14(3)24-21(23)27-22/h4-11,30H,1-3H3,(H,24,25,26,27). The predicted molar refractivity (Wildman–Crippen MR) is 119 cm³/mol. The van der Waals surface area contributed by atoms with E-state index in [1.165, 1.54) is 0 Å². The van der Waals surface area contributed by atoms with Crippen molar-refractivity contribution >= 4 is 45.4 Å². The van der Waals surface area contributed by atoms with Crippen LogP contribution in [0.3, 0.4) is 0 Å². The van der Waals surface area contributed by atoms with E-state index in [4.69, 9.17) is 11.6 Å². The van der Waals surface area contributed by atoms with E-state index in [1.54, 1.807) is 6.92 Å². The number of nitrogens with zero attached hydrogens (tertiary/aromatic N) is 5. The molecule has 0 spiro atoms. The van der Waals surface area contributed by atoms with E-state index in [1.807, 2.05) is 62.4 Å². The molecular weight excluding hydrogens is 400 g/mol. The minimum Gasteiger partial charge on any atom is -0.505 e. The number of hydrogen-bond donors (Lipinski definition) is 2. The van der Waals surface area contributed by atoms with Gasteiger partial charge in [-0.1, -0.05) is 24.3 Å². The zero-order valence-electron chi connectivity index (χ0n) is 16.7. The highest BCUT2D eigenvalue weighted by Crippen LogP contribution is 2.43. The van der Waals surface area contributed by atoms with Crippen molar-refractivity contribution in [1.29, 1.82) is 0 Å². The van der Waals surface area contributed by atoms with Crippen molar-refractivity contribution in [3.63, 3.8) is 0 Å². The molecule has 3 aromatic carbocycles. The van der Waals surface area contributed by atoms with Gasteiger partial charge in [0.2, 0.25) is 11.2 Å². The van der Waals surface area contributed by atoms with Gasteiger partial charge >= 0.3 is 0 Å².